The highest BCUT2D eigenvalue weighted by atomic mass is 79.9. The molecule has 0 heterocycles. The Morgan fingerprint density at radius 3 is 2.73 bits per heavy atom. The van der Waals surface area contributed by atoms with Gasteiger partial charge in [0.05, 0.1) is 11.6 Å². The number of rotatable bonds is 3. The Morgan fingerprint density at radius 1 is 1.60 bits per heavy atom. The van der Waals surface area contributed by atoms with Crippen molar-refractivity contribution in [3.8, 4) is 5.75 Å². The molecular formula is C9H9BrN2O3. The van der Waals surface area contributed by atoms with Gasteiger partial charge in [-0.25, -0.2) is 0 Å². The second-order valence-electron chi connectivity index (χ2n) is 2.66. The van der Waals surface area contributed by atoms with Crippen molar-refractivity contribution >= 4 is 27.5 Å². The molecule has 0 aromatic heterocycles. The van der Waals surface area contributed by atoms with E-state index in [1.807, 2.05) is 0 Å². The monoisotopic (exact) mass is 272 g/mol. The summed E-state index contributed by atoms with van der Waals surface area (Å²) in [5.41, 5.74) is 5.21. The number of amides is 1. The van der Waals surface area contributed by atoms with E-state index in [-0.39, 0.29) is 5.71 Å². The van der Waals surface area contributed by atoms with Crippen molar-refractivity contribution in [2.45, 2.75) is 0 Å². The third-order valence-electron chi connectivity index (χ3n) is 1.76. The molecule has 0 saturated carbocycles. The molecule has 0 spiro atoms. The molecule has 0 radical (unpaired) electrons. The number of carbonyl (C=O) groups excluding carboxylic acids is 1. The lowest BCUT2D eigenvalue weighted by atomic mass is 10.1. The van der Waals surface area contributed by atoms with Crippen molar-refractivity contribution in [2.75, 3.05) is 7.11 Å². The summed E-state index contributed by atoms with van der Waals surface area (Å²) in [6.07, 6.45) is 0. The van der Waals surface area contributed by atoms with Gasteiger partial charge in [-0.15, -0.1) is 0 Å². The standard InChI is InChI=1S/C9H9BrN2O3/c1-15-7-4-5(2-3-6(7)10)8(12-14)9(11)13/h2-4,14H,1H3,(H2,11,13)/b12-8+. The number of hydrogen-bond acceptors (Lipinski definition) is 4. The zero-order chi connectivity index (χ0) is 11.4. The van der Waals surface area contributed by atoms with E-state index >= 15 is 0 Å². The van der Waals surface area contributed by atoms with Crippen LogP contribution in [0.15, 0.2) is 27.8 Å². The van der Waals surface area contributed by atoms with Crippen molar-refractivity contribution in [1.29, 1.82) is 0 Å². The van der Waals surface area contributed by atoms with Gasteiger partial charge < -0.3 is 15.7 Å². The van der Waals surface area contributed by atoms with Crippen LogP contribution in [0.2, 0.25) is 0 Å². The van der Waals surface area contributed by atoms with Gasteiger partial charge in [-0.05, 0) is 28.1 Å². The van der Waals surface area contributed by atoms with Crippen molar-refractivity contribution in [2.24, 2.45) is 10.9 Å². The molecule has 0 bridgehead atoms. The highest BCUT2D eigenvalue weighted by molar-refractivity contribution is 9.10. The van der Waals surface area contributed by atoms with Gasteiger partial charge in [0, 0.05) is 5.56 Å². The van der Waals surface area contributed by atoms with Gasteiger partial charge in [0.1, 0.15) is 5.75 Å². The summed E-state index contributed by atoms with van der Waals surface area (Å²) in [5.74, 6) is -0.281. The van der Waals surface area contributed by atoms with Crippen molar-refractivity contribution < 1.29 is 14.7 Å². The van der Waals surface area contributed by atoms with E-state index in [9.17, 15) is 4.79 Å². The van der Waals surface area contributed by atoms with Crippen LogP contribution >= 0.6 is 15.9 Å². The molecule has 1 aromatic carbocycles. The van der Waals surface area contributed by atoms with Crippen LogP contribution in [0.1, 0.15) is 5.56 Å². The lowest BCUT2D eigenvalue weighted by Crippen LogP contribution is -2.24. The van der Waals surface area contributed by atoms with Crippen molar-refractivity contribution in [3.63, 3.8) is 0 Å². The second-order valence-corrected chi connectivity index (χ2v) is 3.52. The summed E-state index contributed by atoms with van der Waals surface area (Å²) in [6, 6.07) is 4.80. The maximum atomic E-state index is 10.9. The van der Waals surface area contributed by atoms with Gasteiger partial charge in [-0.3, -0.25) is 4.79 Å². The molecule has 6 heteroatoms. The minimum atomic E-state index is -0.804. The molecule has 1 amide bonds. The number of nitrogens with zero attached hydrogens (tertiary/aromatic N) is 1. The van der Waals surface area contributed by atoms with Crippen LogP contribution < -0.4 is 10.5 Å². The lowest BCUT2D eigenvalue weighted by molar-refractivity contribution is -0.112. The normalized spacial score (nSPS) is 11.2. The molecule has 0 fully saturated rings. The van der Waals surface area contributed by atoms with Crippen molar-refractivity contribution in [1.82, 2.24) is 0 Å². The number of hydrogen-bond donors (Lipinski definition) is 2. The fourth-order valence-electron chi connectivity index (χ4n) is 1.06. The molecule has 0 aliphatic heterocycles. The largest absolute Gasteiger partial charge is 0.496 e. The average Bonchev–Trinajstić information content (AvgIpc) is 2.21. The molecule has 1 aromatic rings. The number of carbonyl (C=O) groups is 1. The first kappa shape index (κ1) is 11.5. The van der Waals surface area contributed by atoms with Crippen LogP contribution in [0.4, 0.5) is 0 Å². The van der Waals surface area contributed by atoms with E-state index in [1.54, 1.807) is 18.2 Å². The SMILES string of the molecule is COc1cc(/C(=N\O)C(N)=O)ccc1Br. The summed E-state index contributed by atoms with van der Waals surface area (Å²) >= 11 is 3.26. The average molecular weight is 273 g/mol. The van der Waals surface area contributed by atoms with Crippen LogP contribution in [0.3, 0.4) is 0 Å². The number of benzene rings is 1. The number of methoxy groups -OCH3 is 1. The second kappa shape index (κ2) is 4.79. The molecule has 15 heavy (non-hydrogen) atoms. The minimum Gasteiger partial charge on any atom is -0.496 e. The molecule has 0 atom stereocenters. The van der Waals surface area contributed by atoms with Crippen LogP contribution in [0.5, 0.6) is 5.75 Å². The minimum absolute atomic E-state index is 0.208. The van der Waals surface area contributed by atoms with Crippen LogP contribution in [-0.4, -0.2) is 23.9 Å². The Labute approximate surface area is 94.7 Å². The molecule has 3 N–H and O–H groups in total. The van der Waals surface area contributed by atoms with Gasteiger partial charge in [-0.2, -0.15) is 0 Å². The smallest absolute Gasteiger partial charge is 0.271 e. The molecule has 0 unspecified atom stereocenters. The summed E-state index contributed by atoms with van der Waals surface area (Å²) in [6.45, 7) is 0. The molecule has 5 nitrogen and oxygen atoms in total. The number of primary amides is 1. The quantitative estimate of drug-likeness (QED) is 0.491. The van der Waals surface area contributed by atoms with Gasteiger partial charge >= 0.3 is 0 Å². The first-order valence-corrected chi connectivity index (χ1v) is 4.75. The van der Waals surface area contributed by atoms with Gasteiger partial charge in [-0.1, -0.05) is 11.2 Å². The highest BCUT2D eigenvalue weighted by Gasteiger charge is 2.12. The first-order chi connectivity index (χ1) is 7.10. The Morgan fingerprint density at radius 2 is 2.27 bits per heavy atom. The lowest BCUT2D eigenvalue weighted by Gasteiger charge is -2.05. The van der Waals surface area contributed by atoms with Gasteiger partial charge in [0.25, 0.3) is 5.91 Å². The predicted molar refractivity (Wildman–Crippen MR) is 58.2 cm³/mol. The number of halogens is 1. The van der Waals surface area contributed by atoms with Gasteiger partial charge in [0.2, 0.25) is 0 Å². The van der Waals surface area contributed by atoms with E-state index in [0.717, 1.165) is 4.47 Å². The third-order valence-corrected chi connectivity index (χ3v) is 2.41. The number of nitrogens with two attached hydrogens (primary N) is 1. The van der Waals surface area contributed by atoms with Crippen molar-refractivity contribution in [3.05, 3.63) is 28.2 Å². The molecule has 80 valence electrons. The molecular weight excluding hydrogens is 264 g/mol. The molecule has 0 aliphatic rings. The topological polar surface area (TPSA) is 84.9 Å². The zero-order valence-electron chi connectivity index (χ0n) is 7.90. The third kappa shape index (κ3) is 2.47. The Bertz CT molecular complexity index is 418. The van der Waals surface area contributed by atoms with E-state index in [4.69, 9.17) is 15.7 Å². The number of ether oxygens (including phenoxy) is 1. The van der Waals surface area contributed by atoms with Crippen LogP contribution in [-0.2, 0) is 4.79 Å². The molecule has 0 aliphatic carbocycles. The van der Waals surface area contributed by atoms with E-state index < -0.39 is 5.91 Å². The maximum Gasteiger partial charge on any atom is 0.271 e. The van der Waals surface area contributed by atoms with E-state index in [1.165, 1.54) is 7.11 Å². The summed E-state index contributed by atoms with van der Waals surface area (Å²) in [4.78, 5) is 10.9. The fraction of sp³-hybridized carbons (Fsp3) is 0.111. The Hall–Kier alpha value is -1.56. The summed E-state index contributed by atoms with van der Waals surface area (Å²) in [7, 11) is 1.49. The summed E-state index contributed by atoms with van der Waals surface area (Å²) < 4.78 is 5.76. The van der Waals surface area contributed by atoms with Gasteiger partial charge in [0.15, 0.2) is 5.71 Å². The van der Waals surface area contributed by atoms with E-state index in [0.29, 0.717) is 11.3 Å². The molecule has 1 rings (SSSR count). The van der Waals surface area contributed by atoms with Crippen LogP contribution in [0, 0.1) is 0 Å². The summed E-state index contributed by atoms with van der Waals surface area (Å²) in [5, 5.41) is 11.5. The van der Waals surface area contributed by atoms with Crippen LogP contribution in [0.25, 0.3) is 0 Å². The zero-order valence-corrected chi connectivity index (χ0v) is 9.48. The highest BCUT2D eigenvalue weighted by Crippen LogP contribution is 2.25. The Kier molecular flexibility index (Phi) is 3.68. The predicted octanol–water partition coefficient (Wildman–Crippen LogP) is 1.12. The molecule has 0 saturated heterocycles. The number of oxime groups is 1. The Balaban J connectivity index is 3.21. The fourth-order valence-corrected chi connectivity index (χ4v) is 1.46. The first-order valence-electron chi connectivity index (χ1n) is 3.96. The van der Waals surface area contributed by atoms with E-state index in [2.05, 4.69) is 21.1 Å². The maximum absolute atomic E-state index is 10.9.